The third-order valence-electron chi connectivity index (χ3n) is 3.40. The molecule has 0 saturated heterocycles. The van der Waals surface area contributed by atoms with Crippen LogP contribution in [-0.2, 0) is 9.84 Å². The van der Waals surface area contributed by atoms with Crippen LogP contribution >= 0.6 is 0 Å². The third-order valence-corrected chi connectivity index (χ3v) is 5.57. The predicted molar refractivity (Wildman–Crippen MR) is 89.8 cm³/mol. The van der Waals surface area contributed by atoms with Gasteiger partial charge in [0, 0.05) is 11.3 Å². The van der Waals surface area contributed by atoms with Crippen LogP contribution in [0.5, 0.6) is 5.75 Å². The van der Waals surface area contributed by atoms with Crippen LogP contribution in [0.25, 0.3) is 0 Å². The van der Waals surface area contributed by atoms with Crippen molar-refractivity contribution in [1.29, 1.82) is 0 Å². The highest BCUT2D eigenvalue weighted by Gasteiger charge is 2.19. The Kier molecular flexibility index (Phi) is 5.73. The van der Waals surface area contributed by atoms with E-state index >= 15 is 0 Å². The zero-order chi connectivity index (χ0) is 18.6. The second-order valence-corrected chi connectivity index (χ2v) is 7.98. The van der Waals surface area contributed by atoms with E-state index < -0.39 is 27.6 Å². The summed E-state index contributed by atoms with van der Waals surface area (Å²) in [6.45, 7) is 0.246. The Bertz CT molecular complexity index is 832. The standard InChI is InChI=1S/C17H17F2NO4S/c1-11(2)25(22,23)15-9-3-12(4-10-15)16(21)20-13-5-7-14(8-6-13)24-17(18)19/h3-11,17H,1-2H3,(H,20,21). The number of halogens is 2. The molecule has 134 valence electrons. The van der Waals surface area contributed by atoms with Gasteiger partial charge >= 0.3 is 6.61 Å². The van der Waals surface area contributed by atoms with Crippen LogP contribution in [0.3, 0.4) is 0 Å². The number of alkyl halides is 2. The van der Waals surface area contributed by atoms with Crippen LogP contribution in [0, 0.1) is 0 Å². The molecule has 0 aromatic heterocycles. The summed E-state index contributed by atoms with van der Waals surface area (Å²) in [5, 5.41) is 2.03. The lowest BCUT2D eigenvalue weighted by Crippen LogP contribution is -2.15. The Labute approximate surface area is 144 Å². The molecule has 0 radical (unpaired) electrons. The van der Waals surface area contributed by atoms with Gasteiger partial charge in [0.25, 0.3) is 5.91 Å². The number of hydrogen-bond acceptors (Lipinski definition) is 4. The molecule has 1 N–H and O–H groups in total. The van der Waals surface area contributed by atoms with E-state index in [9.17, 15) is 22.0 Å². The first-order chi connectivity index (χ1) is 11.7. The van der Waals surface area contributed by atoms with Gasteiger partial charge in [-0.25, -0.2) is 8.42 Å². The molecule has 2 rings (SSSR count). The van der Waals surface area contributed by atoms with E-state index in [-0.39, 0.29) is 16.2 Å². The van der Waals surface area contributed by atoms with E-state index in [2.05, 4.69) is 10.1 Å². The van der Waals surface area contributed by atoms with E-state index in [4.69, 9.17) is 0 Å². The SMILES string of the molecule is CC(C)S(=O)(=O)c1ccc(C(=O)Nc2ccc(OC(F)F)cc2)cc1. The van der Waals surface area contributed by atoms with Gasteiger partial charge in [-0.05, 0) is 62.4 Å². The lowest BCUT2D eigenvalue weighted by molar-refractivity contribution is -0.0498. The highest BCUT2D eigenvalue weighted by molar-refractivity contribution is 7.92. The Hall–Kier alpha value is -2.48. The number of benzene rings is 2. The van der Waals surface area contributed by atoms with E-state index in [1.54, 1.807) is 13.8 Å². The van der Waals surface area contributed by atoms with E-state index in [1.165, 1.54) is 48.5 Å². The minimum absolute atomic E-state index is 0.0174. The lowest BCUT2D eigenvalue weighted by Gasteiger charge is -2.09. The van der Waals surface area contributed by atoms with Gasteiger partial charge < -0.3 is 10.1 Å². The van der Waals surface area contributed by atoms with Gasteiger partial charge in [-0.1, -0.05) is 0 Å². The number of carbonyl (C=O) groups excluding carboxylic acids is 1. The number of ether oxygens (including phenoxy) is 1. The first-order valence-corrected chi connectivity index (χ1v) is 8.95. The van der Waals surface area contributed by atoms with Crippen LogP contribution in [0.1, 0.15) is 24.2 Å². The Morgan fingerprint density at radius 2 is 1.56 bits per heavy atom. The molecule has 0 aliphatic rings. The second kappa shape index (κ2) is 7.60. The minimum atomic E-state index is -3.40. The fraction of sp³-hybridized carbons (Fsp3) is 0.235. The van der Waals surface area contributed by atoms with Crippen molar-refractivity contribution in [2.24, 2.45) is 0 Å². The van der Waals surface area contributed by atoms with Crippen molar-refractivity contribution in [1.82, 2.24) is 0 Å². The largest absolute Gasteiger partial charge is 0.435 e. The monoisotopic (exact) mass is 369 g/mol. The molecule has 0 saturated carbocycles. The Balaban J connectivity index is 2.08. The molecule has 25 heavy (non-hydrogen) atoms. The molecule has 0 aliphatic heterocycles. The molecule has 5 nitrogen and oxygen atoms in total. The van der Waals surface area contributed by atoms with Crippen LogP contribution in [0.15, 0.2) is 53.4 Å². The molecule has 1 amide bonds. The van der Waals surface area contributed by atoms with Crippen molar-refractivity contribution in [3.8, 4) is 5.75 Å². The van der Waals surface area contributed by atoms with Crippen LogP contribution in [-0.4, -0.2) is 26.2 Å². The molecular weight excluding hydrogens is 352 g/mol. The molecule has 0 bridgehead atoms. The molecule has 0 heterocycles. The summed E-state index contributed by atoms with van der Waals surface area (Å²) < 4.78 is 52.5. The number of anilines is 1. The number of hydrogen-bond donors (Lipinski definition) is 1. The van der Waals surface area contributed by atoms with E-state index in [1.807, 2.05) is 0 Å². The minimum Gasteiger partial charge on any atom is -0.435 e. The average molecular weight is 369 g/mol. The number of amides is 1. The third kappa shape index (κ3) is 4.76. The zero-order valence-corrected chi connectivity index (χ0v) is 14.4. The normalized spacial score (nSPS) is 11.6. The van der Waals surface area contributed by atoms with Gasteiger partial charge in [0.15, 0.2) is 9.84 Å². The lowest BCUT2D eigenvalue weighted by atomic mass is 10.2. The van der Waals surface area contributed by atoms with Gasteiger partial charge in [-0.3, -0.25) is 4.79 Å². The van der Waals surface area contributed by atoms with Crippen LogP contribution < -0.4 is 10.1 Å². The van der Waals surface area contributed by atoms with Gasteiger partial charge in [-0.2, -0.15) is 8.78 Å². The molecule has 0 unspecified atom stereocenters. The first kappa shape index (κ1) is 18.9. The molecule has 0 atom stereocenters. The summed E-state index contributed by atoms with van der Waals surface area (Å²) in [5.74, 6) is -0.465. The van der Waals surface area contributed by atoms with Gasteiger partial charge in [-0.15, -0.1) is 0 Å². The van der Waals surface area contributed by atoms with Crippen molar-refractivity contribution in [2.45, 2.75) is 30.6 Å². The summed E-state index contributed by atoms with van der Waals surface area (Å²) in [6.07, 6.45) is 0. The highest BCUT2D eigenvalue weighted by atomic mass is 32.2. The first-order valence-electron chi connectivity index (χ1n) is 7.40. The van der Waals surface area contributed by atoms with E-state index in [0.717, 1.165) is 0 Å². The number of rotatable bonds is 6. The Morgan fingerprint density at radius 3 is 2.04 bits per heavy atom. The smallest absolute Gasteiger partial charge is 0.387 e. The van der Waals surface area contributed by atoms with Crippen molar-refractivity contribution in [3.05, 3.63) is 54.1 Å². The number of nitrogens with one attached hydrogen (secondary N) is 1. The second-order valence-electron chi connectivity index (χ2n) is 5.48. The maximum Gasteiger partial charge on any atom is 0.387 e. The van der Waals surface area contributed by atoms with Crippen molar-refractivity contribution in [3.63, 3.8) is 0 Å². The van der Waals surface area contributed by atoms with Crippen molar-refractivity contribution < 1.29 is 26.7 Å². The molecule has 2 aromatic rings. The van der Waals surface area contributed by atoms with Gasteiger partial charge in [0.05, 0.1) is 10.1 Å². The maximum absolute atomic E-state index is 12.2. The number of sulfone groups is 1. The van der Waals surface area contributed by atoms with Crippen molar-refractivity contribution in [2.75, 3.05) is 5.32 Å². The molecule has 0 aliphatic carbocycles. The van der Waals surface area contributed by atoms with E-state index in [0.29, 0.717) is 5.69 Å². The maximum atomic E-state index is 12.2. The van der Waals surface area contributed by atoms with Gasteiger partial charge in [0.2, 0.25) is 0 Å². The summed E-state index contributed by atoms with van der Waals surface area (Å²) in [7, 11) is -3.40. The van der Waals surface area contributed by atoms with Crippen LogP contribution in [0.2, 0.25) is 0 Å². The zero-order valence-electron chi connectivity index (χ0n) is 13.6. The molecular formula is C17H17F2NO4S. The summed E-state index contributed by atoms with van der Waals surface area (Å²) in [4.78, 5) is 12.3. The average Bonchev–Trinajstić information content (AvgIpc) is 2.56. The quantitative estimate of drug-likeness (QED) is 0.842. The fourth-order valence-electron chi connectivity index (χ4n) is 1.99. The van der Waals surface area contributed by atoms with Crippen LogP contribution in [0.4, 0.5) is 14.5 Å². The molecule has 0 spiro atoms. The molecule has 2 aromatic carbocycles. The fourth-order valence-corrected chi connectivity index (χ4v) is 3.05. The molecule has 0 fully saturated rings. The van der Waals surface area contributed by atoms with Gasteiger partial charge in [0.1, 0.15) is 5.75 Å². The highest BCUT2D eigenvalue weighted by Crippen LogP contribution is 2.20. The summed E-state index contributed by atoms with van der Waals surface area (Å²) >= 11 is 0. The predicted octanol–water partition coefficient (Wildman–Crippen LogP) is 3.72. The summed E-state index contributed by atoms with van der Waals surface area (Å²) in [5.41, 5.74) is 0.668. The topological polar surface area (TPSA) is 72.5 Å². The Morgan fingerprint density at radius 1 is 1.00 bits per heavy atom. The number of carbonyl (C=O) groups is 1. The molecule has 8 heteroatoms. The van der Waals surface area contributed by atoms with Crippen molar-refractivity contribution >= 4 is 21.4 Å². The summed E-state index contributed by atoms with van der Waals surface area (Å²) in [6, 6.07) is 11.0.